The van der Waals surface area contributed by atoms with Crippen molar-refractivity contribution in [1.29, 1.82) is 0 Å². The highest BCUT2D eigenvalue weighted by molar-refractivity contribution is 4.81. The second kappa shape index (κ2) is 3.35. The third kappa shape index (κ3) is 1.96. The van der Waals surface area contributed by atoms with Gasteiger partial charge in [-0.3, -0.25) is 0 Å². The second-order valence-electron chi connectivity index (χ2n) is 3.32. The van der Waals surface area contributed by atoms with Crippen molar-refractivity contribution in [3.8, 4) is 0 Å². The van der Waals surface area contributed by atoms with Crippen LogP contribution in [-0.4, -0.2) is 18.2 Å². The molecule has 2 nitrogen and oxygen atoms in total. The molecule has 0 bridgehead atoms. The van der Waals surface area contributed by atoms with Crippen LogP contribution < -0.4 is 5.73 Å². The summed E-state index contributed by atoms with van der Waals surface area (Å²) < 4.78 is 5.60. The molecule has 2 N–H and O–H groups in total. The first-order valence-corrected chi connectivity index (χ1v) is 4.11. The van der Waals surface area contributed by atoms with Crippen molar-refractivity contribution in [3.63, 3.8) is 0 Å². The molecule has 0 aromatic heterocycles. The van der Waals surface area contributed by atoms with Crippen LogP contribution in [0.4, 0.5) is 0 Å². The molecule has 1 rings (SSSR count). The van der Waals surface area contributed by atoms with E-state index in [1.54, 1.807) is 0 Å². The Balaban J connectivity index is 2.26. The Morgan fingerprint density at radius 3 is 2.50 bits per heavy atom. The molecule has 0 aromatic rings. The number of rotatable bonds is 2. The third-order valence-corrected chi connectivity index (χ3v) is 1.95. The molecular formula is C8H17NO. The lowest BCUT2D eigenvalue weighted by Crippen LogP contribution is -2.33. The standard InChI is InChI=1S/C8H17NO/c1-6(2)10-8-5-3-4-7(8)9/h6-8H,3-5,9H2,1-2H3. The first-order valence-electron chi connectivity index (χ1n) is 4.11. The minimum absolute atomic E-state index is 0.294. The summed E-state index contributed by atoms with van der Waals surface area (Å²) in [5.74, 6) is 0. The number of hydrogen-bond acceptors (Lipinski definition) is 2. The SMILES string of the molecule is CC(C)OC1CCCC1N. The van der Waals surface area contributed by atoms with E-state index in [9.17, 15) is 0 Å². The maximum atomic E-state index is 5.80. The van der Waals surface area contributed by atoms with Gasteiger partial charge in [-0.2, -0.15) is 0 Å². The zero-order valence-electron chi connectivity index (χ0n) is 6.84. The zero-order chi connectivity index (χ0) is 7.56. The van der Waals surface area contributed by atoms with Gasteiger partial charge in [-0.05, 0) is 33.1 Å². The Kier molecular flexibility index (Phi) is 2.69. The van der Waals surface area contributed by atoms with Gasteiger partial charge in [0.1, 0.15) is 0 Å². The lowest BCUT2D eigenvalue weighted by molar-refractivity contribution is 0.00410. The van der Waals surface area contributed by atoms with E-state index in [0.29, 0.717) is 18.2 Å². The van der Waals surface area contributed by atoms with Crippen LogP contribution in [0.3, 0.4) is 0 Å². The molecule has 0 aromatic carbocycles. The van der Waals surface area contributed by atoms with E-state index >= 15 is 0 Å². The smallest absolute Gasteiger partial charge is 0.0729 e. The predicted molar refractivity (Wildman–Crippen MR) is 41.8 cm³/mol. The van der Waals surface area contributed by atoms with Gasteiger partial charge >= 0.3 is 0 Å². The minimum atomic E-state index is 0.294. The first kappa shape index (κ1) is 8.02. The molecule has 10 heavy (non-hydrogen) atoms. The predicted octanol–water partition coefficient (Wildman–Crippen LogP) is 1.29. The summed E-state index contributed by atoms with van der Waals surface area (Å²) >= 11 is 0. The molecule has 0 heterocycles. The number of ether oxygens (including phenoxy) is 1. The van der Waals surface area contributed by atoms with Crippen molar-refractivity contribution in [3.05, 3.63) is 0 Å². The summed E-state index contributed by atoms with van der Waals surface area (Å²) in [6.07, 6.45) is 4.18. The highest BCUT2D eigenvalue weighted by Gasteiger charge is 2.24. The molecule has 0 amide bonds. The molecule has 2 unspecified atom stereocenters. The quantitative estimate of drug-likeness (QED) is 0.632. The molecule has 0 saturated heterocycles. The van der Waals surface area contributed by atoms with Crippen LogP contribution >= 0.6 is 0 Å². The van der Waals surface area contributed by atoms with E-state index in [1.807, 2.05) is 0 Å². The Morgan fingerprint density at radius 2 is 2.10 bits per heavy atom. The number of hydrogen-bond donors (Lipinski definition) is 1. The van der Waals surface area contributed by atoms with E-state index in [2.05, 4.69) is 13.8 Å². The summed E-state index contributed by atoms with van der Waals surface area (Å²) in [5, 5.41) is 0. The van der Waals surface area contributed by atoms with E-state index < -0.39 is 0 Å². The third-order valence-electron chi connectivity index (χ3n) is 1.95. The van der Waals surface area contributed by atoms with Gasteiger partial charge in [0, 0.05) is 6.04 Å². The minimum Gasteiger partial charge on any atom is -0.374 e. The molecule has 2 atom stereocenters. The molecule has 1 aliphatic rings. The molecule has 0 radical (unpaired) electrons. The topological polar surface area (TPSA) is 35.2 Å². The lowest BCUT2D eigenvalue weighted by Gasteiger charge is -2.18. The molecule has 60 valence electrons. The highest BCUT2D eigenvalue weighted by atomic mass is 16.5. The van der Waals surface area contributed by atoms with Gasteiger partial charge in [0.05, 0.1) is 12.2 Å². The van der Waals surface area contributed by atoms with Gasteiger partial charge in [-0.1, -0.05) is 0 Å². The van der Waals surface area contributed by atoms with Gasteiger partial charge in [-0.25, -0.2) is 0 Å². The average molecular weight is 143 g/mol. The maximum Gasteiger partial charge on any atom is 0.0729 e. The van der Waals surface area contributed by atoms with Crippen LogP contribution in [0.1, 0.15) is 33.1 Å². The second-order valence-corrected chi connectivity index (χ2v) is 3.32. The molecule has 1 saturated carbocycles. The summed E-state index contributed by atoms with van der Waals surface area (Å²) in [5.41, 5.74) is 5.80. The molecular weight excluding hydrogens is 126 g/mol. The van der Waals surface area contributed by atoms with Crippen LogP contribution in [0.25, 0.3) is 0 Å². The summed E-state index contributed by atoms with van der Waals surface area (Å²) in [4.78, 5) is 0. The van der Waals surface area contributed by atoms with Crippen molar-refractivity contribution in [2.45, 2.75) is 51.4 Å². The Bertz CT molecular complexity index is 103. The van der Waals surface area contributed by atoms with Crippen LogP contribution in [0.5, 0.6) is 0 Å². The Labute approximate surface area is 62.7 Å². The maximum absolute atomic E-state index is 5.80. The zero-order valence-corrected chi connectivity index (χ0v) is 6.84. The molecule has 1 aliphatic carbocycles. The van der Waals surface area contributed by atoms with Crippen LogP contribution in [0.15, 0.2) is 0 Å². The van der Waals surface area contributed by atoms with E-state index in [1.165, 1.54) is 6.42 Å². The molecule has 1 fully saturated rings. The van der Waals surface area contributed by atoms with Crippen LogP contribution in [-0.2, 0) is 4.74 Å². The highest BCUT2D eigenvalue weighted by Crippen LogP contribution is 2.21. The number of nitrogens with two attached hydrogens (primary N) is 1. The largest absolute Gasteiger partial charge is 0.374 e. The molecule has 0 aliphatic heterocycles. The first-order chi connectivity index (χ1) is 4.70. The fourth-order valence-corrected chi connectivity index (χ4v) is 1.47. The molecule has 2 heteroatoms. The van der Waals surface area contributed by atoms with Gasteiger partial charge in [0.15, 0.2) is 0 Å². The normalized spacial score (nSPS) is 33.6. The average Bonchev–Trinajstić information content (AvgIpc) is 2.15. The van der Waals surface area contributed by atoms with Crippen molar-refractivity contribution in [2.75, 3.05) is 0 Å². The van der Waals surface area contributed by atoms with Crippen molar-refractivity contribution >= 4 is 0 Å². The Hall–Kier alpha value is -0.0800. The monoisotopic (exact) mass is 143 g/mol. The fourth-order valence-electron chi connectivity index (χ4n) is 1.47. The van der Waals surface area contributed by atoms with Crippen LogP contribution in [0.2, 0.25) is 0 Å². The van der Waals surface area contributed by atoms with Crippen molar-refractivity contribution in [1.82, 2.24) is 0 Å². The van der Waals surface area contributed by atoms with E-state index in [4.69, 9.17) is 10.5 Å². The molecule has 0 spiro atoms. The summed E-state index contributed by atoms with van der Waals surface area (Å²) in [6, 6.07) is 0.294. The fraction of sp³-hybridized carbons (Fsp3) is 1.00. The van der Waals surface area contributed by atoms with Gasteiger partial charge in [0.2, 0.25) is 0 Å². The summed E-state index contributed by atoms with van der Waals surface area (Å²) in [7, 11) is 0. The van der Waals surface area contributed by atoms with E-state index in [-0.39, 0.29) is 0 Å². The van der Waals surface area contributed by atoms with E-state index in [0.717, 1.165) is 12.8 Å². The van der Waals surface area contributed by atoms with Crippen molar-refractivity contribution in [2.24, 2.45) is 5.73 Å². The van der Waals surface area contributed by atoms with Gasteiger partial charge in [0.25, 0.3) is 0 Å². The van der Waals surface area contributed by atoms with Crippen LogP contribution in [0, 0.1) is 0 Å². The van der Waals surface area contributed by atoms with Gasteiger partial charge < -0.3 is 10.5 Å². The van der Waals surface area contributed by atoms with Gasteiger partial charge in [-0.15, -0.1) is 0 Å². The lowest BCUT2D eigenvalue weighted by atomic mass is 10.2. The van der Waals surface area contributed by atoms with Crippen molar-refractivity contribution < 1.29 is 4.74 Å². The summed E-state index contributed by atoms with van der Waals surface area (Å²) in [6.45, 7) is 4.12. The Morgan fingerprint density at radius 1 is 1.40 bits per heavy atom.